The van der Waals surface area contributed by atoms with Crippen LogP contribution in [0.5, 0.6) is 0 Å². The molecule has 0 fully saturated rings. The van der Waals surface area contributed by atoms with Crippen LogP contribution in [0.4, 0.5) is 14.6 Å². The Hall–Kier alpha value is -2.40. The molecular formula is C15H9ClF2N2O. The Labute approximate surface area is 123 Å². The van der Waals surface area contributed by atoms with E-state index in [1.54, 1.807) is 12.1 Å². The van der Waals surface area contributed by atoms with E-state index in [1.807, 2.05) is 0 Å². The highest BCUT2D eigenvalue weighted by atomic mass is 35.5. The number of anilines is 1. The standard InChI is InChI=1S/C15H9ClF2N2O/c16-10-6-3-5-9(13(10)18)12-14(21-20-15(12)19)8-4-1-2-7-11(8)17/h1-7H,(H2,19,20). The minimum atomic E-state index is -0.661. The van der Waals surface area contributed by atoms with Crippen molar-refractivity contribution in [1.82, 2.24) is 5.16 Å². The van der Waals surface area contributed by atoms with Crippen molar-refractivity contribution in [3.63, 3.8) is 0 Å². The first kappa shape index (κ1) is 13.6. The Bertz CT molecular complexity index is 817. The monoisotopic (exact) mass is 306 g/mol. The first-order valence-electron chi connectivity index (χ1n) is 6.04. The number of aromatic nitrogens is 1. The topological polar surface area (TPSA) is 52.0 Å². The Morgan fingerprint density at radius 1 is 1.00 bits per heavy atom. The predicted molar refractivity (Wildman–Crippen MR) is 76.7 cm³/mol. The van der Waals surface area contributed by atoms with Crippen molar-refractivity contribution in [2.75, 3.05) is 5.73 Å². The summed E-state index contributed by atoms with van der Waals surface area (Å²) >= 11 is 5.77. The molecule has 0 aliphatic carbocycles. The van der Waals surface area contributed by atoms with Gasteiger partial charge in [-0.1, -0.05) is 41.0 Å². The number of rotatable bonds is 2. The highest BCUT2D eigenvalue weighted by Crippen LogP contribution is 2.39. The van der Waals surface area contributed by atoms with Crippen LogP contribution in [0.1, 0.15) is 0 Å². The van der Waals surface area contributed by atoms with Crippen LogP contribution in [0.3, 0.4) is 0 Å². The van der Waals surface area contributed by atoms with Crippen LogP contribution >= 0.6 is 11.6 Å². The fraction of sp³-hybridized carbons (Fsp3) is 0. The molecule has 0 unspecified atom stereocenters. The number of benzene rings is 2. The van der Waals surface area contributed by atoms with Gasteiger partial charge in [-0.15, -0.1) is 0 Å². The minimum Gasteiger partial charge on any atom is -0.380 e. The average molecular weight is 307 g/mol. The number of nitrogen functional groups attached to an aromatic ring is 1. The quantitative estimate of drug-likeness (QED) is 0.757. The summed E-state index contributed by atoms with van der Waals surface area (Å²) in [4.78, 5) is 0. The summed E-state index contributed by atoms with van der Waals surface area (Å²) in [5.41, 5.74) is 6.18. The van der Waals surface area contributed by atoms with Gasteiger partial charge >= 0.3 is 0 Å². The van der Waals surface area contributed by atoms with Gasteiger partial charge < -0.3 is 10.3 Å². The third-order valence-corrected chi connectivity index (χ3v) is 3.35. The summed E-state index contributed by atoms with van der Waals surface area (Å²) in [7, 11) is 0. The maximum absolute atomic E-state index is 14.2. The highest BCUT2D eigenvalue weighted by Gasteiger charge is 2.23. The van der Waals surface area contributed by atoms with Gasteiger partial charge in [0.2, 0.25) is 0 Å². The molecule has 0 bridgehead atoms. The van der Waals surface area contributed by atoms with Crippen molar-refractivity contribution in [1.29, 1.82) is 0 Å². The molecule has 21 heavy (non-hydrogen) atoms. The maximum atomic E-state index is 14.2. The van der Waals surface area contributed by atoms with E-state index in [1.165, 1.54) is 30.3 Å². The first-order chi connectivity index (χ1) is 10.1. The Kier molecular flexibility index (Phi) is 3.35. The molecule has 0 amide bonds. The van der Waals surface area contributed by atoms with Crippen LogP contribution in [-0.4, -0.2) is 5.16 Å². The summed E-state index contributed by atoms with van der Waals surface area (Å²) < 4.78 is 33.2. The zero-order valence-electron chi connectivity index (χ0n) is 10.6. The zero-order valence-corrected chi connectivity index (χ0v) is 11.4. The van der Waals surface area contributed by atoms with Crippen molar-refractivity contribution in [2.45, 2.75) is 0 Å². The summed E-state index contributed by atoms with van der Waals surface area (Å²) in [5.74, 6) is -1.15. The predicted octanol–water partition coefficient (Wildman–Crippen LogP) is 4.52. The van der Waals surface area contributed by atoms with E-state index in [2.05, 4.69) is 5.16 Å². The molecule has 0 saturated heterocycles. The van der Waals surface area contributed by atoms with E-state index in [0.717, 1.165) is 0 Å². The SMILES string of the molecule is Nc1noc(-c2ccccc2F)c1-c1cccc(Cl)c1F. The van der Waals surface area contributed by atoms with Gasteiger partial charge in [0.1, 0.15) is 11.6 Å². The third-order valence-electron chi connectivity index (χ3n) is 3.06. The van der Waals surface area contributed by atoms with E-state index in [0.29, 0.717) is 0 Å². The summed E-state index contributed by atoms with van der Waals surface area (Å²) in [5, 5.41) is 3.55. The molecule has 1 aromatic heterocycles. The van der Waals surface area contributed by atoms with E-state index < -0.39 is 11.6 Å². The van der Waals surface area contributed by atoms with Crippen molar-refractivity contribution < 1.29 is 13.3 Å². The van der Waals surface area contributed by atoms with Crippen LogP contribution in [-0.2, 0) is 0 Å². The Morgan fingerprint density at radius 3 is 2.48 bits per heavy atom. The van der Waals surface area contributed by atoms with Crippen LogP contribution in [0.15, 0.2) is 47.0 Å². The molecule has 0 spiro atoms. The van der Waals surface area contributed by atoms with Gasteiger partial charge in [0.25, 0.3) is 0 Å². The number of hydrogen-bond donors (Lipinski definition) is 1. The zero-order chi connectivity index (χ0) is 15.0. The normalized spacial score (nSPS) is 10.8. The molecule has 106 valence electrons. The Morgan fingerprint density at radius 2 is 1.71 bits per heavy atom. The van der Waals surface area contributed by atoms with E-state index in [4.69, 9.17) is 21.9 Å². The number of nitrogens with two attached hydrogens (primary N) is 1. The van der Waals surface area contributed by atoms with Crippen molar-refractivity contribution in [3.8, 4) is 22.5 Å². The number of nitrogens with zero attached hydrogens (tertiary/aromatic N) is 1. The molecule has 2 N–H and O–H groups in total. The van der Waals surface area contributed by atoms with E-state index in [9.17, 15) is 8.78 Å². The molecule has 6 heteroatoms. The molecular weight excluding hydrogens is 298 g/mol. The average Bonchev–Trinajstić information content (AvgIpc) is 2.84. The number of hydrogen-bond acceptors (Lipinski definition) is 3. The Balaban J connectivity index is 2.28. The molecule has 0 atom stereocenters. The molecule has 0 saturated carbocycles. The lowest BCUT2D eigenvalue weighted by molar-refractivity contribution is 0.433. The molecule has 2 aromatic carbocycles. The minimum absolute atomic E-state index is 0.0329. The van der Waals surface area contributed by atoms with Crippen LogP contribution in [0.2, 0.25) is 5.02 Å². The third kappa shape index (κ3) is 2.25. The second-order valence-electron chi connectivity index (χ2n) is 4.35. The van der Waals surface area contributed by atoms with Crippen LogP contribution in [0.25, 0.3) is 22.5 Å². The molecule has 0 radical (unpaired) electrons. The second kappa shape index (κ2) is 5.18. The van der Waals surface area contributed by atoms with Gasteiger partial charge in [0.15, 0.2) is 11.6 Å². The molecule has 3 aromatic rings. The highest BCUT2D eigenvalue weighted by molar-refractivity contribution is 6.31. The van der Waals surface area contributed by atoms with Crippen LogP contribution in [0, 0.1) is 11.6 Å². The molecule has 1 heterocycles. The van der Waals surface area contributed by atoms with Gasteiger partial charge in [-0.2, -0.15) is 0 Å². The maximum Gasteiger partial charge on any atom is 0.179 e. The van der Waals surface area contributed by atoms with Gasteiger partial charge in [-0.25, -0.2) is 8.78 Å². The summed E-state index contributed by atoms with van der Waals surface area (Å²) in [6.07, 6.45) is 0. The molecule has 0 aliphatic rings. The van der Waals surface area contributed by atoms with Gasteiger partial charge in [0, 0.05) is 5.56 Å². The van der Waals surface area contributed by atoms with Crippen LogP contribution < -0.4 is 5.73 Å². The summed E-state index contributed by atoms with van der Waals surface area (Å²) in [6, 6.07) is 10.4. The van der Waals surface area contributed by atoms with Crippen molar-refractivity contribution >= 4 is 17.4 Å². The van der Waals surface area contributed by atoms with Crippen molar-refractivity contribution in [3.05, 3.63) is 59.1 Å². The lowest BCUT2D eigenvalue weighted by atomic mass is 10.0. The second-order valence-corrected chi connectivity index (χ2v) is 4.76. The lowest BCUT2D eigenvalue weighted by Gasteiger charge is -2.06. The van der Waals surface area contributed by atoms with Gasteiger partial charge in [-0.05, 0) is 18.2 Å². The van der Waals surface area contributed by atoms with Crippen molar-refractivity contribution in [2.24, 2.45) is 0 Å². The fourth-order valence-electron chi connectivity index (χ4n) is 2.09. The largest absolute Gasteiger partial charge is 0.380 e. The van der Waals surface area contributed by atoms with Gasteiger partial charge in [0.05, 0.1) is 16.1 Å². The van der Waals surface area contributed by atoms with Gasteiger partial charge in [-0.3, -0.25) is 0 Å². The smallest absolute Gasteiger partial charge is 0.179 e. The lowest BCUT2D eigenvalue weighted by Crippen LogP contribution is -1.93. The van der Waals surface area contributed by atoms with E-state index in [-0.39, 0.29) is 33.3 Å². The van der Waals surface area contributed by atoms with E-state index >= 15 is 0 Å². The molecule has 3 nitrogen and oxygen atoms in total. The fourth-order valence-corrected chi connectivity index (χ4v) is 2.26. The summed E-state index contributed by atoms with van der Waals surface area (Å²) in [6.45, 7) is 0. The first-order valence-corrected chi connectivity index (χ1v) is 6.42. The number of halogens is 3. The molecule has 0 aliphatic heterocycles. The molecule has 3 rings (SSSR count).